The van der Waals surface area contributed by atoms with E-state index in [1.54, 1.807) is 0 Å². The summed E-state index contributed by atoms with van der Waals surface area (Å²) in [7, 11) is 0. The summed E-state index contributed by atoms with van der Waals surface area (Å²) in [6.45, 7) is 8.48. The molecule has 2 fully saturated rings. The van der Waals surface area contributed by atoms with E-state index in [1.165, 1.54) is 35.0 Å². The monoisotopic (exact) mass is 562 g/mol. The van der Waals surface area contributed by atoms with Gasteiger partial charge in [-0.05, 0) is 117 Å². The van der Waals surface area contributed by atoms with Crippen LogP contribution in [0.4, 0.5) is 5.69 Å². The molecule has 2 aliphatic heterocycles. The number of carbonyl (C=O) groups is 1. The number of benzene rings is 2. The van der Waals surface area contributed by atoms with Crippen LogP contribution in [-0.2, 0) is 13.0 Å². The molecule has 0 saturated carbocycles. The number of ketones is 1. The summed E-state index contributed by atoms with van der Waals surface area (Å²) in [5.74, 6) is 0.936. The number of nitrogens with one attached hydrogen (secondary N) is 2. The van der Waals surface area contributed by atoms with E-state index < -0.39 is 0 Å². The number of rotatable bonds is 11. The number of hydrogen-bond acceptors (Lipinski definition) is 5. The van der Waals surface area contributed by atoms with Crippen LogP contribution in [0.1, 0.15) is 59.2 Å². The lowest BCUT2D eigenvalue weighted by molar-refractivity contribution is 0.0961. The van der Waals surface area contributed by atoms with Gasteiger partial charge >= 0.3 is 0 Å². The first-order chi connectivity index (χ1) is 20.6. The Morgan fingerprint density at radius 1 is 0.929 bits per heavy atom. The number of piperazine rings is 1. The molecule has 2 N–H and O–H groups in total. The minimum Gasteiger partial charge on any atom is -0.369 e. The summed E-state index contributed by atoms with van der Waals surface area (Å²) in [5.41, 5.74) is 6.53. The Hall–Kier alpha value is -3.86. The van der Waals surface area contributed by atoms with Crippen LogP contribution >= 0.6 is 0 Å². The molecule has 4 aromatic rings. The summed E-state index contributed by atoms with van der Waals surface area (Å²) in [6, 6.07) is 18.6. The second kappa shape index (κ2) is 13.4. The molecule has 7 heteroatoms. The number of piperidine rings is 1. The lowest BCUT2D eigenvalue weighted by Crippen LogP contribution is -2.46. The van der Waals surface area contributed by atoms with Gasteiger partial charge in [0.1, 0.15) is 0 Å². The van der Waals surface area contributed by atoms with Crippen LogP contribution in [0.15, 0.2) is 67.1 Å². The van der Waals surface area contributed by atoms with Gasteiger partial charge < -0.3 is 14.9 Å². The number of aryl methyl sites for hydroxylation is 1. The van der Waals surface area contributed by atoms with Crippen molar-refractivity contribution >= 4 is 22.4 Å². The van der Waals surface area contributed by atoms with Gasteiger partial charge in [-0.1, -0.05) is 0 Å². The fraction of sp³-hybridized carbons (Fsp3) is 0.429. The Morgan fingerprint density at radius 2 is 1.74 bits per heavy atom. The summed E-state index contributed by atoms with van der Waals surface area (Å²) in [4.78, 5) is 26.9. The third-order valence-electron chi connectivity index (χ3n) is 9.30. The maximum atomic E-state index is 12.9. The van der Waals surface area contributed by atoms with E-state index in [1.807, 2.05) is 36.5 Å². The molecule has 7 nitrogen and oxygen atoms in total. The molecular weight excluding hydrogens is 520 g/mol. The first-order valence-corrected chi connectivity index (χ1v) is 15.6. The molecule has 0 unspecified atom stereocenters. The Balaban J connectivity index is 0.898. The van der Waals surface area contributed by atoms with E-state index >= 15 is 0 Å². The highest BCUT2D eigenvalue weighted by Gasteiger charge is 2.21. The van der Waals surface area contributed by atoms with E-state index in [2.05, 4.69) is 61.3 Å². The third-order valence-corrected chi connectivity index (χ3v) is 9.30. The second-order valence-electron chi connectivity index (χ2n) is 12.1. The number of aromatic nitrogens is 2. The topological polar surface area (TPSA) is 82.2 Å². The maximum Gasteiger partial charge on any atom is 0.162 e. The highest BCUT2D eigenvalue weighted by molar-refractivity contribution is 5.96. The van der Waals surface area contributed by atoms with Crippen molar-refractivity contribution < 1.29 is 4.79 Å². The van der Waals surface area contributed by atoms with E-state index in [4.69, 9.17) is 0 Å². The normalized spacial score (nSPS) is 17.1. The number of H-pyrrole nitrogens is 2. The Morgan fingerprint density at radius 3 is 2.48 bits per heavy atom. The van der Waals surface area contributed by atoms with Crippen molar-refractivity contribution in [2.75, 3.05) is 50.7 Å². The second-order valence-corrected chi connectivity index (χ2v) is 12.1. The molecule has 218 valence electrons. The van der Waals surface area contributed by atoms with Crippen molar-refractivity contribution in [2.24, 2.45) is 5.92 Å². The number of nitrogens with zero attached hydrogens (tertiary/aromatic N) is 4. The van der Waals surface area contributed by atoms with Crippen molar-refractivity contribution in [1.29, 1.82) is 5.26 Å². The highest BCUT2D eigenvalue weighted by atomic mass is 16.1. The molecule has 0 aliphatic carbocycles. The molecule has 2 saturated heterocycles. The fourth-order valence-corrected chi connectivity index (χ4v) is 6.66. The number of nitriles is 1. The molecule has 0 bridgehead atoms. The molecule has 0 radical (unpaired) electrons. The van der Waals surface area contributed by atoms with Gasteiger partial charge in [0, 0.05) is 79.9 Å². The zero-order chi connectivity index (χ0) is 28.7. The molecule has 0 amide bonds. The van der Waals surface area contributed by atoms with Crippen molar-refractivity contribution in [3.63, 3.8) is 0 Å². The van der Waals surface area contributed by atoms with Gasteiger partial charge in [0.05, 0.1) is 11.6 Å². The number of carbonyl (C=O) groups excluding carboxylic acids is 1. The Kier molecular flexibility index (Phi) is 9.03. The standard InChI is InChI=1S/C35H42N6O/c36-23-28-3-9-34-33(22-28)31(25-38-34)2-1-15-39-18-20-41(21-19-39)32-7-5-30(6-8-32)35(42)10-4-27-12-16-40(17-13-27)26-29-11-14-37-24-29/h3,5-9,11,14,22,24-25,27,37-38H,1-2,4,10,12-13,15-21,26H2. The summed E-state index contributed by atoms with van der Waals surface area (Å²) in [5, 5.41) is 10.4. The van der Waals surface area contributed by atoms with Gasteiger partial charge in [-0.2, -0.15) is 5.26 Å². The third kappa shape index (κ3) is 6.95. The Labute approximate surface area is 249 Å². The number of likely N-dealkylation sites (tertiary alicyclic amines) is 1. The van der Waals surface area contributed by atoms with E-state index in [9.17, 15) is 10.1 Å². The van der Waals surface area contributed by atoms with E-state index in [0.29, 0.717) is 17.9 Å². The fourth-order valence-electron chi connectivity index (χ4n) is 6.66. The molecule has 6 rings (SSSR count). The van der Waals surface area contributed by atoms with Crippen LogP contribution in [0.2, 0.25) is 0 Å². The van der Waals surface area contributed by atoms with Gasteiger partial charge in [-0.25, -0.2) is 0 Å². The first kappa shape index (κ1) is 28.3. The minimum atomic E-state index is 0.278. The molecular formula is C35H42N6O. The lowest BCUT2D eigenvalue weighted by atomic mass is 9.90. The van der Waals surface area contributed by atoms with Crippen LogP contribution < -0.4 is 4.90 Å². The van der Waals surface area contributed by atoms with Gasteiger partial charge in [0.25, 0.3) is 0 Å². The molecule has 0 spiro atoms. The summed E-state index contributed by atoms with van der Waals surface area (Å²) < 4.78 is 0. The number of Topliss-reactive ketones (excluding diaryl/α,β-unsaturated/α-hetero) is 1. The van der Waals surface area contributed by atoms with Crippen LogP contribution in [0, 0.1) is 17.2 Å². The highest BCUT2D eigenvalue weighted by Crippen LogP contribution is 2.25. The zero-order valence-electron chi connectivity index (χ0n) is 24.5. The molecule has 2 aliphatic rings. The maximum absolute atomic E-state index is 12.9. The largest absolute Gasteiger partial charge is 0.369 e. The van der Waals surface area contributed by atoms with Crippen molar-refractivity contribution in [2.45, 2.75) is 45.1 Å². The summed E-state index contributed by atoms with van der Waals surface area (Å²) in [6.07, 6.45) is 12.3. The lowest BCUT2D eigenvalue weighted by Gasteiger charge is -2.36. The van der Waals surface area contributed by atoms with E-state index in [-0.39, 0.29) is 5.78 Å². The molecule has 4 heterocycles. The quantitative estimate of drug-likeness (QED) is 0.219. The zero-order valence-corrected chi connectivity index (χ0v) is 24.5. The predicted molar refractivity (Wildman–Crippen MR) is 169 cm³/mol. The smallest absolute Gasteiger partial charge is 0.162 e. The summed E-state index contributed by atoms with van der Waals surface area (Å²) >= 11 is 0. The SMILES string of the molecule is N#Cc1ccc2[nH]cc(CCCN3CCN(c4ccc(C(=O)CCC5CCN(Cc6cc[nH]c6)CC5)cc4)CC3)c2c1. The molecule has 0 atom stereocenters. The first-order valence-electron chi connectivity index (χ1n) is 15.6. The van der Waals surface area contributed by atoms with Crippen molar-refractivity contribution in [3.8, 4) is 6.07 Å². The Bertz CT molecular complexity index is 1480. The van der Waals surface area contributed by atoms with Crippen LogP contribution in [0.3, 0.4) is 0 Å². The van der Waals surface area contributed by atoms with Crippen LogP contribution in [0.5, 0.6) is 0 Å². The van der Waals surface area contributed by atoms with Gasteiger partial charge in [-0.3, -0.25) is 14.6 Å². The number of fused-ring (bicyclic) bond motifs is 1. The number of anilines is 1. The minimum absolute atomic E-state index is 0.278. The average molecular weight is 563 g/mol. The van der Waals surface area contributed by atoms with Gasteiger partial charge in [0.2, 0.25) is 0 Å². The number of aromatic amines is 2. The molecule has 2 aromatic heterocycles. The van der Waals surface area contributed by atoms with Crippen LogP contribution in [-0.4, -0.2) is 71.4 Å². The predicted octanol–water partition coefficient (Wildman–Crippen LogP) is 6.00. The van der Waals surface area contributed by atoms with Crippen LogP contribution in [0.25, 0.3) is 10.9 Å². The van der Waals surface area contributed by atoms with E-state index in [0.717, 1.165) is 82.7 Å². The van der Waals surface area contributed by atoms with Crippen molar-refractivity contribution in [3.05, 3.63) is 89.4 Å². The average Bonchev–Trinajstić information content (AvgIpc) is 3.71. The molecule has 2 aromatic carbocycles. The van der Waals surface area contributed by atoms with Gasteiger partial charge in [0.15, 0.2) is 5.78 Å². The number of hydrogen-bond donors (Lipinski definition) is 2. The molecule has 42 heavy (non-hydrogen) atoms. The van der Waals surface area contributed by atoms with Gasteiger partial charge in [-0.15, -0.1) is 0 Å². The van der Waals surface area contributed by atoms with Crippen molar-refractivity contribution in [1.82, 2.24) is 19.8 Å².